The third-order valence-electron chi connectivity index (χ3n) is 2.42. The molecule has 0 heterocycles. The van der Waals surface area contributed by atoms with Crippen molar-refractivity contribution in [1.29, 1.82) is 0 Å². The standard InChI is InChI=1S/C11H14Br4Si/c1-16(2,3)7-4-5-8(10(12)13)9(6-7)11(14)15/h4-6,10-11H,1-3H3. The van der Waals surface area contributed by atoms with E-state index < -0.39 is 8.07 Å². The van der Waals surface area contributed by atoms with Gasteiger partial charge in [0.05, 0.1) is 15.5 Å². The molecule has 0 bridgehead atoms. The fourth-order valence-electron chi connectivity index (χ4n) is 1.43. The normalized spacial score (nSPS) is 12.6. The molecule has 0 spiro atoms. The smallest absolute Gasteiger partial charge is 0.0712 e. The van der Waals surface area contributed by atoms with Gasteiger partial charge in [0.2, 0.25) is 0 Å². The fraction of sp³-hybridized carbons (Fsp3) is 0.455. The first-order valence-electron chi connectivity index (χ1n) is 4.94. The monoisotopic (exact) mass is 490 g/mol. The van der Waals surface area contributed by atoms with Crippen LogP contribution in [0.1, 0.15) is 18.6 Å². The third kappa shape index (κ3) is 3.94. The maximum absolute atomic E-state index is 3.59. The van der Waals surface area contributed by atoms with Crippen molar-refractivity contribution in [1.82, 2.24) is 0 Å². The van der Waals surface area contributed by atoms with Gasteiger partial charge in [0.1, 0.15) is 0 Å². The van der Waals surface area contributed by atoms with Crippen LogP contribution >= 0.6 is 63.7 Å². The van der Waals surface area contributed by atoms with E-state index in [4.69, 9.17) is 0 Å². The molecule has 0 radical (unpaired) electrons. The molecular formula is C11H14Br4Si. The molecule has 0 unspecified atom stereocenters. The highest BCUT2D eigenvalue weighted by molar-refractivity contribution is 9.24. The summed E-state index contributed by atoms with van der Waals surface area (Å²) in [6, 6.07) is 6.76. The molecule has 0 fully saturated rings. The highest BCUT2D eigenvalue weighted by Gasteiger charge is 2.20. The van der Waals surface area contributed by atoms with Gasteiger partial charge in [-0.15, -0.1) is 0 Å². The maximum atomic E-state index is 3.59. The maximum Gasteiger partial charge on any atom is 0.0949 e. The largest absolute Gasteiger partial charge is 0.0949 e. The molecule has 1 rings (SSSR count). The number of hydrogen-bond acceptors (Lipinski definition) is 0. The van der Waals surface area contributed by atoms with Crippen LogP contribution in [0.3, 0.4) is 0 Å². The molecule has 16 heavy (non-hydrogen) atoms. The lowest BCUT2D eigenvalue weighted by Gasteiger charge is -2.20. The molecule has 0 nitrogen and oxygen atoms in total. The number of alkyl halides is 4. The lowest BCUT2D eigenvalue weighted by atomic mass is 10.1. The molecule has 0 amide bonds. The Morgan fingerprint density at radius 3 is 1.75 bits per heavy atom. The van der Waals surface area contributed by atoms with Crippen molar-refractivity contribution in [3.05, 3.63) is 29.3 Å². The molecule has 1 aromatic rings. The first-order valence-corrected chi connectivity index (χ1v) is 12.1. The van der Waals surface area contributed by atoms with Gasteiger partial charge in [-0.25, -0.2) is 0 Å². The molecule has 0 saturated carbocycles. The second-order valence-electron chi connectivity index (χ2n) is 4.70. The van der Waals surface area contributed by atoms with Gasteiger partial charge >= 0.3 is 0 Å². The van der Waals surface area contributed by atoms with Crippen molar-refractivity contribution in [3.8, 4) is 0 Å². The third-order valence-corrected chi connectivity index (χ3v) is 6.44. The first-order chi connectivity index (χ1) is 7.23. The molecule has 0 aliphatic carbocycles. The number of halogens is 4. The molecule has 0 saturated heterocycles. The minimum atomic E-state index is -1.24. The van der Waals surface area contributed by atoms with Crippen LogP contribution in [0.25, 0.3) is 0 Å². The fourth-order valence-corrected chi connectivity index (χ4v) is 4.23. The Bertz CT molecular complexity index is 369. The summed E-state index contributed by atoms with van der Waals surface area (Å²) in [5, 5.41) is 1.48. The summed E-state index contributed by atoms with van der Waals surface area (Å²) in [4.78, 5) is 0. The predicted octanol–water partition coefficient (Wildman–Crippen LogP) is 5.81. The van der Waals surface area contributed by atoms with E-state index >= 15 is 0 Å². The average Bonchev–Trinajstić information content (AvgIpc) is 2.15. The van der Waals surface area contributed by atoms with Gasteiger partial charge in [-0.1, -0.05) is 107 Å². The zero-order valence-corrected chi connectivity index (χ0v) is 16.7. The van der Waals surface area contributed by atoms with Crippen molar-refractivity contribution in [2.24, 2.45) is 0 Å². The molecule has 0 aliphatic heterocycles. The lowest BCUT2D eigenvalue weighted by Crippen LogP contribution is -2.37. The minimum Gasteiger partial charge on any atom is -0.0712 e. The van der Waals surface area contributed by atoms with E-state index in [0.29, 0.717) is 0 Å². The molecule has 0 atom stereocenters. The summed E-state index contributed by atoms with van der Waals surface area (Å²) in [7, 11) is -1.24. The average molecular weight is 494 g/mol. The van der Waals surface area contributed by atoms with Crippen molar-refractivity contribution in [3.63, 3.8) is 0 Å². The zero-order chi connectivity index (χ0) is 12.5. The Hall–Kier alpha value is 1.36. The number of rotatable bonds is 3. The molecule has 1 aromatic carbocycles. The second kappa shape index (κ2) is 6.00. The zero-order valence-electron chi connectivity index (χ0n) is 9.40. The van der Waals surface area contributed by atoms with Gasteiger partial charge in [-0.05, 0) is 11.1 Å². The molecular weight excluding hydrogens is 480 g/mol. The Balaban J connectivity index is 3.29. The summed E-state index contributed by atoms with van der Waals surface area (Å²) in [5.41, 5.74) is 2.56. The van der Waals surface area contributed by atoms with Gasteiger partial charge in [-0.2, -0.15) is 0 Å². The van der Waals surface area contributed by atoms with Crippen LogP contribution in [0.15, 0.2) is 18.2 Å². The van der Waals surface area contributed by atoms with Gasteiger partial charge in [0.15, 0.2) is 0 Å². The molecule has 0 aliphatic rings. The summed E-state index contributed by atoms with van der Waals surface area (Å²) >= 11 is 14.3. The van der Waals surface area contributed by atoms with Crippen LogP contribution < -0.4 is 5.19 Å². The van der Waals surface area contributed by atoms with Gasteiger partial charge in [0.25, 0.3) is 0 Å². The highest BCUT2D eigenvalue weighted by atomic mass is 79.9. The van der Waals surface area contributed by atoms with Crippen LogP contribution in [0.4, 0.5) is 0 Å². The van der Waals surface area contributed by atoms with Gasteiger partial charge in [0, 0.05) is 0 Å². The number of hydrogen-bond donors (Lipinski definition) is 0. The van der Waals surface area contributed by atoms with E-state index in [1.807, 2.05) is 0 Å². The SMILES string of the molecule is C[Si](C)(C)c1ccc(C(Br)Br)c(C(Br)Br)c1. The van der Waals surface area contributed by atoms with E-state index in [1.165, 1.54) is 16.3 Å². The van der Waals surface area contributed by atoms with Crippen molar-refractivity contribution >= 4 is 77.0 Å². The van der Waals surface area contributed by atoms with Crippen molar-refractivity contribution in [2.45, 2.75) is 27.1 Å². The predicted molar refractivity (Wildman–Crippen MR) is 90.6 cm³/mol. The van der Waals surface area contributed by atoms with E-state index in [9.17, 15) is 0 Å². The van der Waals surface area contributed by atoms with Crippen LogP contribution in [0.2, 0.25) is 19.6 Å². The summed E-state index contributed by atoms with van der Waals surface area (Å²) in [6.45, 7) is 7.09. The van der Waals surface area contributed by atoms with Crippen LogP contribution in [-0.2, 0) is 0 Å². The van der Waals surface area contributed by atoms with Crippen molar-refractivity contribution in [2.75, 3.05) is 0 Å². The summed E-state index contributed by atoms with van der Waals surface area (Å²) < 4.78 is 0.396. The molecule has 90 valence electrons. The first kappa shape index (κ1) is 15.4. The Morgan fingerprint density at radius 2 is 1.38 bits per heavy atom. The van der Waals surface area contributed by atoms with Crippen LogP contribution in [0.5, 0.6) is 0 Å². The molecule has 5 heteroatoms. The highest BCUT2D eigenvalue weighted by Crippen LogP contribution is 2.39. The van der Waals surface area contributed by atoms with E-state index in [-0.39, 0.29) is 7.47 Å². The summed E-state index contributed by atoms with van der Waals surface area (Å²) in [5.74, 6) is 0. The van der Waals surface area contributed by atoms with Crippen LogP contribution in [-0.4, -0.2) is 8.07 Å². The topological polar surface area (TPSA) is 0 Å². The van der Waals surface area contributed by atoms with E-state index in [0.717, 1.165) is 0 Å². The number of benzene rings is 1. The van der Waals surface area contributed by atoms with E-state index in [2.05, 4.69) is 102 Å². The van der Waals surface area contributed by atoms with Crippen LogP contribution in [0, 0.1) is 0 Å². The second-order valence-corrected chi connectivity index (χ2v) is 15.9. The molecule has 0 aromatic heterocycles. The Morgan fingerprint density at radius 1 is 0.875 bits per heavy atom. The van der Waals surface area contributed by atoms with E-state index in [1.54, 1.807) is 0 Å². The Labute approximate surface area is 132 Å². The van der Waals surface area contributed by atoms with Gasteiger partial charge < -0.3 is 0 Å². The Kier molecular flexibility index (Phi) is 5.78. The van der Waals surface area contributed by atoms with Gasteiger partial charge in [-0.3, -0.25) is 0 Å². The minimum absolute atomic E-state index is 0.197. The lowest BCUT2D eigenvalue weighted by molar-refractivity contribution is 1.29. The van der Waals surface area contributed by atoms with Crippen molar-refractivity contribution < 1.29 is 0 Å². The summed E-state index contributed by atoms with van der Waals surface area (Å²) in [6.07, 6.45) is 0. The quantitative estimate of drug-likeness (QED) is 0.368. The molecule has 0 N–H and O–H groups in total.